The van der Waals surface area contributed by atoms with E-state index in [1.807, 2.05) is 0 Å². The van der Waals surface area contributed by atoms with Gasteiger partial charge in [-0.25, -0.2) is 0 Å². The third-order valence-corrected chi connectivity index (χ3v) is 21.2. The maximum Gasteiger partial charge on any atom is 0.253 e. The summed E-state index contributed by atoms with van der Waals surface area (Å²) in [5.41, 5.74) is 25.4. The zero-order chi connectivity index (χ0) is 57.8. The van der Waals surface area contributed by atoms with Gasteiger partial charge in [-0.3, -0.25) is 0 Å². The zero-order valence-corrected chi connectivity index (χ0v) is 52.1. The first kappa shape index (κ1) is 53.1. The topological polar surface area (TPSA) is 22.9 Å². The lowest BCUT2D eigenvalue weighted by molar-refractivity contribution is 0.0906. The molecule has 2 atom stereocenters. The third-order valence-electron chi connectivity index (χ3n) is 21.2. The number of hydrogen-bond donors (Lipinski definition) is 0. The van der Waals surface area contributed by atoms with Crippen LogP contribution < -0.4 is 31.1 Å². The van der Waals surface area contributed by atoms with E-state index in [1.165, 1.54) is 113 Å². The second-order valence-corrected chi connectivity index (χ2v) is 31.0. The van der Waals surface area contributed by atoms with E-state index < -0.39 is 0 Å². The van der Waals surface area contributed by atoms with Crippen LogP contribution in [0.3, 0.4) is 0 Å². The van der Waals surface area contributed by atoms with Crippen LogP contribution in [0, 0.1) is 10.8 Å². The summed E-state index contributed by atoms with van der Waals surface area (Å²) in [7, 11) is 0. The van der Waals surface area contributed by atoms with E-state index in [0.29, 0.717) is 0 Å². The van der Waals surface area contributed by atoms with Crippen molar-refractivity contribution in [2.24, 2.45) is 10.8 Å². The summed E-state index contributed by atoms with van der Waals surface area (Å²) in [6, 6.07) is 60.1. The van der Waals surface area contributed by atoms with Crippen LogP contribution in [0.5, 0.6) is 0 Å². The first-order valence-electron chi connectivity index (χ1n) is 30.7. The Labute approximate surface area is 490 Å². The molecule has 4 nitrogen and oxygen atoms in total. The highest BCUT2D eigenvalue weighted by molar-refractivity contribution is 7.02. The Morgan fingerprint density at radius 1 is 0.488 bits per heavy atom. The Morgan fingerprint density at radius 2 is 1.06 bits per heavy atom. The maximum absolute atomic E-state index is 7.19. The summed E-state index contributed by atoms with van der Waals surface area (Å²) in [6.07, 6.45) is 4.65. The van der Waals surface area contributed by atoms with Crippen molar-refractivity contribution >= 4 is 90.5 Å². The summed E-state index contributed by atoms with van der Waals surface area (Å²) in [4.78, 5) is 8.20. The highest BCUT2D eigenvalue weighted by Gasteiger charge is 2.63. The number of fused-ring (bicyclic) bond motifs is 6. The van der Waals surface area contributed by atoms with Gasteiger partial charge in [-0.2, -0.15) is 0 Å². The molecule has 5 heteroatoms. The van der Waals surface area contributed by atoms with Gasteiger partial charge < -0.3 is 19.1 Å². The first-order valence-corrected chi connectivity index (χ1v) is 30.7. The van der Waals surface area contributed by atoms with Crippen molar-refractivity contribution in [1.29, 1.82) is 0 Å². The van der Waals surface area contributed by atoms with Gasteiger partial charge in [-0.1, -0.05) is 202 Å². The number of benzene rings is 8. The van der Waals surface area contributed by atoms with Crippen molar-refractivity contribution in [3.63, 3.8) is 0 Å². The van der Waals surface area contributed by atoms with Gasteiger partial charge >= 0.3 is 0 Å². The molecular formula is C77H84BN3O. The fourth-order valence-corrected chi connectivity index (χ4v) is 17.3. The molecule has 1 aromatic heterocycles. The van der Waals surface area contributed by atoms with E-state index in [4.69, 9.17) is 4.42 Å². The molecule has 2 unspecified atom stereocenters. The van der Waals surface area contributed by atoms with Gasteiger partial charge in [-0.05, 0) is 175 Å². The second kappa shape index (κ2) is 17.1. The van der Waals surface area contributed by atoms with E-state index in [9.17, 15) is 0 Å². The van der Waals surface area contributed by atoms with Crippen LogP contribution in [0.2, 0.25) is 0 Å². The molecule has 0 saturated heterocycles. The predicted molar refractivity (Wildman–Crippen MR) is 352 cm³/mol. The number of furan rings is 1. The smallest absolute Gasteiger partial charge is 0.253 e. The van der Waals surface area contributed by atoms with E-state index in [1.54, 1.807) is 0 Å². The third kappa shape index (κ3) is 7.16. The Kier molecular flexibility index (Phi) is 11.1. The molecule has 5 aliphatic rings. The van der Waals surface area contributed by atoms with Gasteiger partial charge in [0.2, 0.25) is 0 Å². The van der Waals surface area contributed by atoms with Crippen LogP contribution in [-0.2, 0) is 27.1 Å². The van der Waals surface area contributed by atoms with Gasteiger partial charge in [0.25, 0.3) is 6.71 Å². The van der Waals surface area contributed by atoms with E-state index in [-0.39, 0.29) is 50.2 Å². The quantitative estimate of drug-likeness (QED) is 0.160. The molecule has 1 aliphatic carbocycles. The Hall–Kier alpha value is -6.98. The van der Waals surface area contributed by atoms with Crippen molar-refractivity contribution in [1.82, 2.24) is 0 Å². The molecule has 0 amide bonds. The molecule has 0 radical (unpaired) electrons. The van der Waals surface area contributed by atoms with Gasteiger partial charge in [0.05, 0.1) is 16.9 Å². The monoisotopic (exact) mass is 1080 g/mol. The average Bonchev–Trinajstić information content (AvgIpc) is 1.50. The van der Waals surface area contributed by atoms with Crippen molar-refractivity contribution < 1.29 is 4.42 Å². The number of hydrogen-bond acceptors (Lipinski definition) is 4. The normalized spacial score (nSPS) is 19.7. The molecule has 82 heavy (non-hydrogen) atoms. The molecule has 0 N–H and O–H groups in total. The lowest BCUT2D eigenvalue weighted by Crippen LogP contribution is -2.65. The van der Waals surface area contributed by atoms with E-state index in [2.05, 4.69) is 284 Å². The van der Waals surface area contributed by atoms with Gasteiger partial charge in [0, 0.05) is 61.3 Å². The molecule has 9 aromatic rings. The zero-order valence-electron chi connectivity index (χ0n) is 52.1. The van der Waals surface area contributed by atoms with Gasteiger partial charge in [0.15, 0.2) is 0 Å². The van der Waals surface area contributed by atoms with Crippen LogP contribution in [0.15, 0.2) is 156 Å². The minimum absolute atomic E-state index is 0.00557. The molecule has 8 aromatic carbocycles. The number of anilines is 8. The van der Waals surface area contributed by atoms with Crippen LogP contribution in [0.1, 0.15) is 177 Å². The summed E-state index contributed by atoms with van der Waals surface area (Å²) in [5, 5.41) is 2.44. The summed E-state index contributed by atoms with van der Waals surface area (Å²) < 4.78 is 7.19. The molecule has 14 rings (SSSR count). The predicted octanol–water partition coefficient (Wildman–Crippen LogP) is 19.7. The molecule has 1 saturated carbocycles. The van der Waals surface area contributed by atoms with Crippen LogP contribution >= 0.6 is 0 Å². The Bertz CT molecular complexity index is 4040. The number of nitrogens with zero attached hydrogens (tertiary/aromatic N) is 3. The minimum atomic E-state index is -0.383. The van der Waals surface area contributed by atoms with E-state index in [0.717, 1.165) is 41.1 Å². The van der Waals surface area contributed by atoms with Crippen molar-refractivity contribution in [3.05, 3.63) is 185 Å². The van der Waals surface area contributed by atoms with Crippen molar-refractivity contribution in [2.45, 2.75) is 176 Å². The van der Waals surface area contributed by atoms with Crippen LogP contribution in [0.25, 0.3) is 33.1 Å². The molecule has 4 bridgehead atoms. The van der Waals surface area contributed by atoms with Crippen molar-refractivity contribution in [2.75, 3.05) is 14.7 Å². The summed E-state index contributed by atoms with van der Waals surface area (Å²) >= 11 is 0. The Morgan fingerprint density at radius 3 is 1.67 bits per heavy atom. The average molecular weight is 1080 g/mol. The van der Waals surface area contributed by atoms with Gasteiger partial charge in [0.1, 0.15) is 11.2 Å². The standard InChI is InChI=1S/C77H84BN3O/c1-70(2,3)48-25-31-53(32-26-48)79(54-33-27-49(28-34-54)71(4,5)6)55-45-62-67-63(46-55)81-69-58(75(16)39-21-22-40-76(75,81)17)43-52-44-59(69)78(67)68-61(80(62)60-35-29-50(72(7,8)9)41-56(60)47-23-19-18-20-24-47)36-38-65-66(68)57-42-51(30-37-64(57)82-65)77(52,73(10,11)12)74(13,14)15/h18-20,23-38,41-46H,21-22,39-40H2,1-17H3. The van der Waals surface area contributed by atoms with Crippen LogP contribution in [-0.4, -0.2) is 12.3 Å². The maximum atomic E-state index is 7.19. The van der Waals surface area contributed by atoms with Gasteiger partial charge in [-0.15, -0.1) is 0 Å². The SMILES string of the molecule is CC(C)(C)c1ccc(N(c2ccc(C(C)(C)C)cc2)c2cc3c4c(c2)N2c5c6cc(cc5C5(C)CCCCC25C)C(C(C)(C)C)(C(C)(C)C)c2ccc5oc7ccc(c(c7c5c2)B64)N3c2ccc(C(C)(C)C)cc2-c2ccccc2)cc1. The summed E-state index contributed by atoms with van der Waals surface area (Å²) in [6.45, 7) is 41.2. The number of rotatable bonds is 5. The lowest BCUT2D eigenvalue weighted by Gasteiger charge is -2.55. The molecule has 416 valence electrons. The lowest BCUT2D eigenvalue weighted by atomic mass is 9.32. The highest BCUT2D eigenvalue weighted by Crippen LogP contribution is 2.66. The van der Waals surface area contributed by atoms with Crippen LogP contribution in [0.4, 0.5) is 45.5 Å². The molecular weight excluding hydrogens is 994 g/mol. The molecule has 0 spiro atoms. The molecule has 1 fully saturated rings. The van der Waals surface area contributed by atoms with E-state index >= 15 is 0 Å². The fraction of sp³-hybridized carbons (Fsp3) is 0.377. The molecule has 4 aliphatic heterocycles. The highest BCUT2D eigenvalue weighted by atomic mass is 16.3. The van der Waals surface area contributed by atoms with Crippen molar-refractivity contribution in [3.8, 4) is 11.1 Å². The Balaban J connectivity index is 1.19. The fourth-order valence-electron chi connectivity index (χ4n) is 17.3. The summed E-state index contributed by atoms with van der Waals surface area (Å²) in [5.74, 6) is 0. The second-order valence-electron chi connectivity index (χ2n) is 31.0. The molecule has 5 heterocycles. The first-order chi connectivity index (χ1) is 38.6. The largest absolute Gasteiger partial charge is 0.456 e. The minimum Gasteiger partial charge on any atom is -0.456 e.